The Labute approximate surface area is 113 Å². The molecule has 0 aromatic carbocycles. The van der Waals surface area contributed by atoms with E-state index in [-0.39, 0.29) is 11.1 Å². The summed E-state index contributed by atoms with van der Waals surface area (Å²) in [6, 6.07) is 0. The number of hydrogen-bond donors (Lipinski definition) is 1. The third-order valence-corrected chi connectivity index (χ3v) is 5.21. The molecule has 1 heterocycles. The molecule has 1 spiro atoms. The highest BCUT2D eigenvalue weighted by Crippen LogP contribution is 2.41. The van der Waals surface area contributed by atoms with Gasteiger partial charge in [0.15, 0.2) is 0 Å². The molecule has 0 atom stereocenters. The van der Waals surface area contributed by atoms with E-state index in [9.17, 15) is 13.2 Å². The third kappa shape index (κ3) is 3.07. The van der Waals surface area contributed by atoms with Crippen molar-refractivity contribution in [3.05, 3.63) is 0 Å². The van der Waals surface area contributed by atoms with E-state index in [4.69, 9.17) is 0 Å². The van der Waals surface area contributed by atoms with Crippen LogP contribution in [0.15, 0.2) is 0 Å². The fraction of sp³-hybridized carbons (Fsp3) is 1.00. The third-order valence-electron chi connectivity index (χ3n) is 5.21. The Kier molecular flexibility index (Phi) is 4.17. The molecule has 0 aromatic rings. The number of nitrogens with zero attached hydrogens (tertiary/aromatic N) is 1. The highest BCUT2D eigenvalue weighted by atomic mass is 19.4. The van der Waals surface area contributed by atoms with Crippen molar-refractivity contribution in [3.63, 3.8) is 0 Å². The molecule has 0 unspecified atom stereocenters. The summed E-state index contributed by atoms with van der Waals surface area (Å²) in [6.07, 6.45) is 1.59. The number of alkyl halides is 3. The lowest BCUT2D eigenvalue weighted by molar-refractivity contribution is -0.168. The van der Waals surface area contributed by atoms with Crippen molar-refractivity contribution in [2.45, 2.75) is 69.6 Å². The lowest BCUT2D eigenvalue weighted by Gasteiger charge is -2.53. The van der Waals surface area contributed by atoms with Crippen molar-refractivity contribution in [1.82, 2.24) is 10.2 Å². The zero-order chi connectivity index (χ0) is 14.1. The van der Waals surface area contributed by atoms with E-state index >= 15 is 0 Å². The molecule has 2 fully saturated rings. The van der Waals surface area contributed by atoms with Gasteiger partial charge in [-0.05, 0) is 25.7 Å². The summed E-state index contributed by atoms with van der Waals surface area (Å²) < 4.78 is 38.6. The Hall–Kier alpha value is -0.290. The highest BCUT2D eigenvalue weighted by molar-refractivity contribution is 5.06. The molecule has 2 aliphatic rings. The molecule has 0 aromatic heterocycles. The largest absolute Gasteiger partial charge is 0.401 e. The van der Waals surface area contributed by atoms with Crippen LogP contribution in [-0.2, 0) is 0 Å². The number of nitrogens with one attached hydrogen (secondary N) is 1. The zero-order valence-corrected chi connectivity index (χ0v) is 11.9. The first-order chi connectivity index (χ1) is 8.85. The molecule has 1 saturated heterocycles. The summed E-state index contributed by atoms with van der Waals surface area (Å²) in [4.78, 5) is 1.74. The first-order valence-corrected chi connectivity index (χ1v) is 7.42. The standard InChI is InChI=1S/C14H25F3N2/c1-3-12(4-2)10-19(11-14(15,16)17)13(9-18-12)7-5-6-8-13/h18H,3-11H2,1-2H3. The van der Waals surface area contributed by atoms with Crippen LogP contribution in [0.4, 0.5) is 13.2 Å². The van der Waals surface area contributed by atoms with Gasteiger partial charge >= 0.3 is 6.18 Å². The Bertz CT molecular complexity index is 304. The molecule has 0 amide bonds. The van der Waals surface area contributed by atoms with Gasteiger partial charge in [0.2, 0.25) is 0 Å². The minimum absolute atomic E-state index is 0.140. The van der Waals surface area contributed by atoms with Crippen LogP contribution in [0, 0.1) is 0 Å². The Morgan fingerprint density at radius 1 is 1.11 bits per heavy atom. The van der Waals surface area contributed by atoms with E-state index in [1.54, 1.807) is 4.90 Å². The number of piperazine rings is 1. The van der Waals surface area contributed by atoms with Gasteiger partial charge in [-0.1, -0.05) is 26.7 Å². The molecular weight excluding hydrogens is 253 g/mol. The van der Waals surface area contributed by atoms with Gasteiger partial charge in [-0.2, -0.15) is 13.2 Å². The van der Waals surface area contributed by atoms with E-state index in [1.165, 1.54) is 0 Å². The average molecular weight is 278 g/mol. The van der Waals surface area contributed by atoms with Crippen molar-refractivity contribution in [1.29, 1.82) is 0 Å². The van der Waals surface area contributed by atoms with E-state index < -0.39 is 12.7 Å². The van der Waals surface area contributed by atoms with Gasteiger partial charge in [0.05, 0.1) is 6.54 Å². The lowest BCUT2D eigenvalue weighted by atomic mass is 9.82. The number of halogens is 3. The predicted molar refractivity (Wildman–Crippen MR) is 70.1 cm³/mol. The van der Waals surface area contributed by atoms with Gasteiger partial charge in [-0.25, -0.2) is 0 Å². The van der Waals surface area contributed by atoms with E-state index in [0.29, 0.717) is 13.1 Å². The zero-order valence-electron chi connectivity index (χ0n) is 11.9. The molecule has 5 heteroatoms. The molecule has 2 nitrogen and oxygen atoms in total. The Morgan fingerprint density at radius 3 is 2.16 bits per heavy atom. The summed E-state index contributed by atoms with van der Waals surface area (Å²) in [5.74, 6) is 0. The van der Waals surface area contributed by atoms with Gasteiger partial charge in [-0.3, -0.25) is 4.90 Å². The summed E-state index contributed by atoms with van der Waals surface area (Å²) in [5, 5.41) is 3.57. The summed E-state index contributed by atoms with van der Waals surface area (Å²) in [6.45, 7) is 4.62. The van der Waals surface area contributed by atoms with Crippen LogP contribution >= 0.6 is 0 Å². The first-order valence-electron chi connectivity index (χ1n) is 7.42. The normalized spacial score (nSPS) is 27.0. The van der Waals surface area contributed by atoms with Crippen molar-refractivity contribution in [2.75, 3.05) is 19.6 Å². The van der Waals surface area contributed by atoms with Crippen molar-refractivity contribution < 1.29 is 13.2 Å². The summed E-state index contributed by atoms with van der Waals surface area (Å²) in [7, 11) is 0. The summed E-state index contributed by atoms with van der Waals surface area (Å²) in [5.41, 5.74) is -0.386. The minimum Gasteiger partial charge on any atom is -0.308 e. The van der Waals surface area contributed by atoms with Gasteiger partial charge in [0.1, 0.15) is 0 Å². The summed E-state index contributed by atoms with van der Waals surface area (Å²) >= 11 is 0. The quantitative estimate of drug-likeness (QED) is 0.852. The topological polar surface area (TPSA) is 15.3 Å². The highest BCUT2D eigenvalue weighted by Gasteiger charge is 2.50. The molecule has 1 aliphatic heterocycles. The number of rotatable bonds is 3. The molecule has 1 aliphatic carbocycles. The monoisotopic (exact) mass is 278 g/mol. The van der Waals surface area contributed by atoms with Crippen LogP contribution in [0.2, 0.25) is 0 Å². The first kappa shape index (κ1) is 15.1. The van der Waals surface area contributed by atoms with Crippen LogP contribution in [0.25, 0.3) is 0 Å². The second kappa shape index (κ2) is 5.24. The van der Waals surface area contributed by atoms with E-state index in [2.05, 4.69) is 19.2 Å². The maximum Gasteiger partial charge on any atom is 0.401 e. The van der Waals surface area contributed by atoms with Crippen LogP contribution in [0.1, 0.15) is 52.4 Å². The SMILES string of the molecule is CCC1(CC)CN(CC(F)(F)F)C2(CCCC2)CN1. The Balaban J connectivity index is 2.18. The predicted octanol–water partition coefficient (Wildman–Crippen LogP) is 3.33. The van der Waals surface area contributed by atoms with Crippen molar-refractivity contribution in [2.24, 2.45) is 0 Å². The molecule has 0 bridgehead atoms. The number of hydrogen-bond acceptors (Lipinski definition) is 2. The van der Waals surface area contributed by atoms with Gasteiger partial charge in [0, 0.05) is 24.2 Å². The van der Waals surface area contributed by atoms with Gasteiger partial charge in [-0.15, -0.1) is 0 Å². The van der Waals surface area contributed by atoms with Crippen LogP contribution in [-0.4, -0.2) is 41.8 Å². The second-order valence-electron chi connectivity index (χ2n) is 6.24. The molecule has 2 rings (SSSR count). The molecule has 112 valence electrons. The fourth-order valence-corrected chi connectivity index (χ4v) is 3.74. The smallest absolute Gasteiger partial charge is 0.308 e. The molecule has 1 saturated carbocycles. The van der Waals surface area contributed by atoms with Gasteiger partial charge < -0.3 is 5.32 Å². The second-order valence-corrected chi connectivity index (χ2v) is 6.24. The van der Waals surface area contributed by atoms with Crippen LogP contribution < -0.4 is 5.32 Å². The maximum absolute atomic E-state index is 12.9. The maximum atomic E-state index is 12.9. The molecule has 19 heavy (non-hydrogen) atoms. The lowest BCUT2D eigenvalue weighted by Crippen LogP contribution is -2.70. The van der Waals surface area contributed by atoms with Crippen molar-refractivity contribution >= 4 is 0 Å². The van der Waals surface area contributed by atoms with E-state index in [1.807, 2.05) is 0 Å². The molecular formula is C14H25F3N2. The van der Waals surface area contributed by atoms with E-state index in [0.717, 1.165) is 38.5 Å². The van der Waals surface area contributed by atoms with Crippen LogP contribution in [0.3, 0.4) is 0 Å². The van der Waals surface area contributed by atoms with Crippen LogP contribution in [0.5, 0.6) is 0 Å². The Morgan fingerprint density at radius 2 is 1.68 bits per heavy atom. The van der Waals surface area contributed by atoms with Gasteiger partial charge in [0.25, 0.3) is 0 Å². The fourth-order valence-electron chi connectivity index (χ4n) is 3.74. The molecule has 1 N–H and O–H groups in total. The average Bonchev–Trinajstić information content (AvgIpc) is 2.81. The minimum atomic E-state index is -4.10. The molecule has 0 radical (unpaired) electrons. The van der Waals surface area contributed by atoms with Crippen molar-refractivity contribution in [3.8, 4) is 0 Å².